The van der Waals surface area contributed by atoms with Crippen molar-refractivity contribution in [3.63, 3.8) is 0 Å². The molecule has 0 radical (unpaired) electrons. The van der Waals surface area contributed by atoms with Gasteiger partial charge in [-0.25, -0.2) is 9.78 Å². The molecule has 1 aliphatic heterocycles. The van der Waals surface area contributed by atoms with Crippen molar-refractivity contribution in [2.75, 3.05) is 18.5 Å². The number of halogens is 1. The molecule has 31 heavy (non-hydrogen) atoms. The Morgan fingerprint density at radius 3 is 2.71 bits per heavy atom. The fourth-order valence-corrected chi connectivity index (χ4v) is 3.75. The van der Waals surface area contributed by atoms with Gasteiger partial charge in [0.1, 0.15) is 24.6 Å². The van der Waals surface area contributed by atoms with E-state index in [0.29, 0.717) is 28.7 Å². The smallest absolute Gasteiger partial charge is 0.331 e. The summed E-state index contributed by atoms with van der Waals surface area (Å²) >= 11 is 5.88. The number of imide groups is 1. The molecule has 5 rings (SSSR count). The molecule has 0 bridgehead atoms. The highest BCUT2D eigenvalue weighted by molar-refractivity contribution is 6.29. The van der Waals surface area contributed by atoms with E-state index in [-0.39, 0.29) is 42.5 Å². The summed E-state index contributed by atoms with van der Waals surface area (Å²) < 4.78 is 7.63. The molecule has 3 aromatic rings. The lowest BCUT2D eigenvalue weighted by molar-refractivity contribution is -0.123. The number of imidazole rings is 1. The molecule has 1 saturated heterocycles. The second kappa shape index (κ2) is 7.47. The Balaban J connectivity index is 1.50. The zero-order chi connectivity index (χ0) is 21.7. The van der Waals surface area contributed by atoms with Gasteiger partial charge >= 0.3 is 6.03 Å². The molecule has 10 nitrogen and oxygen atoms in total. The van der Waals surface area contributed by atoms with Crippen molar-refractivity contribution in [1.29, 1.82) is 0 Å². The van der Waals surface area contributed by atoms with Crippen LogP contribution in [0.5, 0.6) is 5.75 Å². The van der Waals surface area contributed by atoms with E-state index in [4.69, 9.17) is 16.3 Å². The van der Waals surface area contributed by atoms with Gasteiger partial charge in [0.15, 0.2) is 10.8 Å². The maximum absolute atomic E-state index is 12.6. The first-order chi connectivity index (χ1) is 14.9. The number of aliphatic hydroxyl groups excluding tert-OH is 1. The third-order valence-electron chi connectivity index (χ3n) is 5.45. The fraction of sp³-hybridized carbons (Fsp3) is 0.350. The van der Waals surface area contributed by atoms with Crippen LogP contribution in [0.25, 0.3) is 5.65 Å². The van der Waals surface area contributed by atoms with Gasteiger partial charge in [-0.15, -0.1) is 10.2 Å². The Morgan fingerprint density at radius 1 is 1.23 bits per heavy atom. The summed E-state index contributed by atoms with van der Waals surface area (Å²) in [5.74, 6) is 0.516. The van der Waals surface area contributed by atoms with Crippen molar-refractivity contribution >= 4 is 34.9 Å². The molecule has 1 N–H and O–H groups in total. The molecule has 1 aliphatic carbocycles. The van der Waals surface area contributed by atoms with Crippen LogP contribution in [0.4, 0.5) is 10.5 Å². The molecule has 0 atom stereocenters. The van der Waals surface area contributed by atoms with Crippen LogP contribution in [0, 0.1) is 0 Å². The number of likely N-dealkylation sites (N-methyl/N-ethyl adjacent to an activating group) is 1. The number of rotatable bonds is 6. The molecule has 1 saturated carbocycles. The number of anilines is 1. The summed E-state index contributed by atoms with van der Waals surface area (Å²) in [5.41, 5.74) is 3.15. The molecule has 3 aromatic heterocycles. The number of carbonyl (C=O) groups excluding carboxylic acids is 2. The molecule has 2 fully saturated rings. The summed E-state index contributed by atoms with van der Waals surface area (Å²) in [4.78, 5) is 31.9. The van der Waals surface area contributed by atoms with Gasteiger partial charge in [0.05, 0.1) is 18.0 Å². The average molecular weight is 443 g/mol. The number of aromatic nitrogens is 4. The second-order valence-electron chi connectivity index (χ2n) is 7.64. The van der Waals surface area contributed by atoms with Crippen LogP contribution in [-0.4, -0.2) is 55.1 Å². The number of urea groups is 1. The van der Waals surface area contributed by atoms with Gasteiger partial charge in [-0.05, 0) is 30.4 Å². The van der Waals surface area contributed by atoms with E-state index in [1.165, 1.54) is 18.0 Å². The number of ether oxygens (including phenoxy) is 1. The average Bonchev–Trinajstić information content (AvgIpc) is 3.48. The van der Waals surface area contributed by atoms with Gasteiger partial charge in [-0.2, -0.15) is 0 Å². The SMILES string of the molecule is CN1C(=O)CN(c2cc(C3CC3)cn3cc(COc4cc(Cl)nnc4CO)nc23)C1=O. The van der Waals surface area contributed by atoms with E-state index >= 15 is 0 Å². The third kappa shape index (κ3) is 3.57. The molecule has 2 aliphatic rings. The number of aliphatic hydroxyl groups is 1. The standard InChI is InChI=1S/C20H19ClN6O4/c1-25-18(29)8-27(20(25)30)15-4-12(11-2-3-11)6-26-7-13(22-19(15)26)10-31-16-5-17(21)24-23-14(16)9-28/h4-7,11,28H,2-3,8-10H2,1H3. The van der Waals surface area contributed by atoms with Crippen molar-refractivity contribution in [1.82, 2.24) is 24.5 Å². The van der Waals surface area contributed by atoms with E-state index < -0.39 is 0 Å². The number of carbonyl (C=O) groups is 2. The second-order valence-corrected chi connectivity index (χ2v) is 8.03. The lowest BCUT2D eigenvalue weighted by Crippen LogP contribution is -2.30. The lowest BCUT2D eigenvalue weighted by Gasteiger charge is -2.17. The molecule has 4 heterocycles. The van der Waals surface area contributed by atoms with Crippen molar-refractivity contribution in [3.8, 4) is 5.75 Å². The third-order valence-corrected chi connectivity index (χ3v) is 5.64. The van der Waals surface area contributed by atoms with Crippen LogP contribution in [0.3, 0.4) is 0 Å². The molecule has 0 aromatic carbocycles. The Hall–Kier alpha value is -3.24. The molecule has 3 amide bonds. The maximum atomic E-state index is 12.6. The lowest BCUT2D eigenvalue weighted by atomic mass is 10.1. The normalized spacial score (nSPS) is 16.6. The molecule has 0 unspecified atom stereocenters. The Morgan fingerprint density at radius 2 is 2.03 bits per heavy atom. The number of fused-ring (bicyclic) bond motifs is 1. The Labute approximate surface area is 182 Å². The number of hydrogen-bond donors (Lipinski definition) is 1. The summed E-state index contributed by atoms with van der Waals surface area (Å²) in [5, 5.41) is 17.1. The van der Waals surface area contributed by atoms with Crippen LogP contribution >= 0.6 is 11.6 Å². The van der Waals surface area contributed by atoms with Crippen LogP contribution in [-0.2, 0) is 18.0 Å². The zero-order valence-electron chi connectivity index (χ0n) is 16.7. The first-order valence-electron chi connectivity index (χ1n) is 9.80. The van der Waals surface area contributed by atoms with Crippen molar-refractivity contribution in [2.45, 2.75) is 32.0 Å². The first-order valence-corrected chi connectivity index (χ1v) is 10.2. The highest BCUT2D eigenvalue weighted by Crippen LogP contribution is 2.42. The summed E-state index contributed by atoms with van der Waals surface area (Å²) in [6, 6.07) is 3.06. The monoisotopic (exact) mass is 442 g/mol. The molecule has 0 spiro atoms. The molecule has 11 heteroatoms. The van der Waals surface area contributed by atoms with E-state index in [1.54, 1.807) is 0 Å². The van der Waals surface area contributed by atoms with E-state index in [9.17, 15) is 14.7 Å². The maximum Gasteiger partial charge on any atom is 0.331 e. The zero-order valence-corrected chi connectivity index (χ0v) is 17.4. The minimum Gasteiger partial charge on any atom is -0.485 e. The minimum atomic E-state index is -0.370. The summed E-state index contributed by atoms with van der Waals surface area (Å²) in [6.45, 7) is -0.251. The van der Waals surface area contributed by atoms with Gasteiger partial charge in [-0.3, -0.25) is 14.6 Å². The van der Waals surface area contributed by atoms with Gasteiger partial charge in [0.2, 0.25) is 5.91 Å². The number of nitrogens with zero attached hydrogens (tertiary/aromatic N) is 6. The highest BCUT2D eigenvalue weighted by atomic mass is 35.5. The van der Waals surface area contributed by atoms with Crippen LogP contribution in [0.2, 0.25) is 5.15 Å². The summed E-state index contributed by atoms with van der Waals surface area (Å²) in [7, 11) is 1.48. The number of amides is 3. The predicted molar refractivity (Wildman–Crippen MR) is 110 cm³/mol. The minimum absolute atomic E-state index is 0.0150. The quantitative estimate of drug-likeness (QED) is 0.581. The Kier molecular flexibility index (Phi) is 4.75. The van der Waals surface area contributed by atoms with Crippen LogP contribution in [0.1, 0.15) is 35.7 Å². The van der Waals surface area contributed by atoms with Gasteiger partial charge in [-0.1, -0.05) is 11.6 Å². The molecule has 160 valence electrons. The molecular weight excluding hydrogens is 424 g/mol. The fourth-order valence-electron chi connectivity index (χ4n) is 3.61. The predicted octanol–water partition coefficient (Wildman–Crippen LogP) is 2.12. The van der Waals surface area contributed by atoms with E-state index in [1.807, 2.05) is 22.9 Å². The van der Waals surface area contributed by atoms with E-state index in [0.717, 1.165) is 23.3 Å². The highest BCUT2D eigenvalue weighted by Gasteiger charge is 2.36. The van der Waals surface area contributed by atoms with Gasteiger partial charge < -0.3 is 14.2 Å². The van der Waals surface area contributed by atoms with Crippen molar-refractivity contribution < 1.29 is 19.4 Å². The first kappa shape index (κ1) is 19.7. The number of pyridine rings is 1. The number of hydrogen-bond acceptors (Lipinski definition) is 7. The van der Waals surface area contributed by atoms with E-state index in [2.05, 4.69) is 15.2 Å². The van der Waals surface area contributed by atoms with Crippen LogP contribution < -0.4 is 9.64 Å². The van der Waals surface area contributed by atoms with Crippen LogP contribution in [0.15, 0.2) is 24.5 Å². The topological polar surface area (TPSA) is 113 Å². The summed E-state index contributed by atoms with van der Waals surface area (Å²) in [6.07, 6.45) is 6.03. The molecular formula is C20H19ClN6O4. The Bertz CT molecular complexity index is 1210. The van der Waals surface area contributed by atoms with Gasteiger partial charge in [0.25, 0.3) is 0 Å². The van der Waals surface area contributed by atoms with Crippen molar-refractivity contribution in [2.24, 2.45) is 0 Å². The van der Waals surface area contributed by atoms with Gasteiger partial charge in [0, 0.05) is 25.5 Å². The largest absolute Gasteiger partial charge is 0.485 e. The van der Waals surface area contributed by atoms with Crippen molar-refractivity contribution in [3.05, 3.63) is 46.6 Å².